The van der Waals surface area contributed by atoms with Gasteiger partial charge in [-0.1, -0.05) is 26.6 Å². The molecule has 0 aromatic carbocycles. The minimum absolute atomic E-state index is 0. The molecule has 0 fully saturated rings. The average Bonchev–Trinajstić information content (AvgIpc) is 1.89. The number of hydrogen-bond donors (Lipinski definition) is 2. The van der Waals surface area contributed by atoms with E-state index in [9.17, 15) is 5.11 Å². The Kier molecular flexibility index (Phi) is 7.86. The molecule has 0 aromatic heterocycles. The Hall–Kier alpha value is 0.569. The van der Waals surface area contributed by atoms with E-state index in [1.54, 1.807) is 13.8 Å². The molecule has 0 aliphatic rings. The average molecular weight is 191 g/mol. The summed E-state index contributed by atoms with van der Waals surface area (Å²) in [5.74, 6) is 0. The van der Waals surface area contributed by atoms with Gasteiger partial charge in [-0.15, -0.1) is 0 Å². The van der Waals surface area contributed by atoms with Crippen LogP contribution in [-0.2, 0) is 18.6 Å². The van der Waals surface area contributed by atoms with E-state index in [0.717, 1.165) is 0 Å². The van der Waals surface area contributed by atoms with Crippen molar-refractivity contribution < 1.29 is 28.8 Å². The zero-order valence-electron chi connectivity index (χ0n) is 6.86. The van der Waals surface area contributed by atoms with Crippen molar-refractivity contribution in [3.05, 3.63) is 12.7 Å². The van der Waals surface area contributed by atoms with E-state index in [2.05, 4.69) is 0 Å². The van der Waals surface area contributed by atoms with Crippen LogP contribution in [-0.4, -0.2) is 30.8 Å². The molecule has 3 radical (unpaired) electrons. The normalized spacial score (nSPS) is 13.8. The monoisotopic (exact) mass is 191 g/mol. The van der Waals surface area contributed by atoms with E-state index in [4.69, 9.17) is 13.0 Å². The van der Waals surface area contributed by atoms with Crippen LogP contribution in [0.25, 0.3) is 0 Å². The number of hydrogen-bond acceptors (Lipinski definition) is 2. The molecule has 0 unspecified atom stereocenters. The third kappa shape index (κ3) is 4.91. The summed E-state index contributed by atoms with van der Waals surface area (Å²) in [6.07, 6.45) is 2.15. The maximum Gasteiger partial charge on any atom is 2.00 e. The first-order valence-electron chi connectivity index (χ1n) is 3.23. The third-order valence-corrected chi connectivity index (χ3v) is 1.52. The van der Waals surface area contributed by atoms with Gasteiger partial charge in [-0.25, -0.2) is 0 Å². The van der Waals surface area contributed by atoms with Crippen LogP contribution in [0.3, 0.4) is 0 Å². The predicted molar refractivity (Wildman–Crippen MR) is 41.2 cm³/mol. The van der Waals surface area contributed by atoms with Crippen LogP contribution in [0, 0.1) is 18.2 Å². The van der Waals surface area contributed by atoms with Gasteiger partial charge < -0.3 is 16.5 Å². The summed E-state index contributed by atoms with van der Waals surface area (Å²) in [4.78, 5) is 0. The quantitative estimate of drug-likeness (QED) is 0.481. The third-order valence-electron chi connectivity index (χ3n) is 1.52. The van der Waals surface area contributed by atoms with Gasteiger partial charge in [0.15, 0.2) is 0 Å². The van der Waals surface area contributed by atoms with Crippen molar-refractivity contribution in [1.29, 1.82) is 0 Å². The molecule has 0 saturated carbocycles. The first kappa shape index (κ1) is 14.1. The minimum atomic E-state index is -0.678. The van der Waals surface area contributed by atoms with E-state index in [0.29, 0.717) is 0 Å². The van der Waals surface area contributed by atoms with Crippen LogP contribution in [0.2, 0.25) is 0 Å². The Morgan fingerprint density at radius 1 is 1.55 bits per heavy atom. The molecule has 0 spiro atoms. The summed E-state index contributed by atoms with van der Waals surface area (Å²) in [6, 6.07) is 0. The summed E-state index contributed by atoms with van der Waals surface area (Å²) in [5.41, 5.74) is -0.456. The first-order valence-corrected chi connectivity index (χ1v) is 3.23. The Morgan fingerprint density at radius 3 is 2.27 bits per heavy atom. The van der Waals surface area contributed by atoms with E-state index in [-0.39, 0.29) is 25.2 Å². The van der Waals surface area contributed by atoms with Gasteiger partial charge in [0, 0.05) is 0 Å². The zero-order chi connectivity index (χ0) is 8.20. The number of aliphatic hydroxyl groups excluding tert-OH is 2. The van der Waals surface area contributed by atoms with Gasteiger partial charge in [0.05, 0.1) is 0 Å². The van der Waals surface area contributed by atoms with E-state index < -0.39 is 11.5 Å². The topological polar surface area (TPSA) is 40.5 Å². The van der Waals surface area contributed by atoms with Crippen molar-refractivity contribution >= 4 is 7.85 Å². The van der Waals surface area contributed by atoms with Gasteiger partial charge in [0.2, 0.25) is 0 Å². The molecule has 0 aromatic rings. The van der Waals surface area contributed by atoms with Crippen molar-refractivity contribution in [2.24, 2.45) is 5.41 Å². The maximum absolute atomic E-state index is 9.25. The van der Waals surface area contributed by atoms with Gasteiger partial charge in [-0.3, -0.25) is 6.42 Å². The molecule has 4 heteroatoms. The summed E-state index contributed by atoms with van der Waals surface area (Å²) < 4.78 is 0. The second kappa shape index (κ2) is 6.13. The minimum Gasteiger partial charge on any atom is -0.428 e. The molecule has 0 aliphatic heterocycles. The molecular formula is C7H13BO2V. The predicted octanol–water partition coefficient (Wildman–Crippen LogP) is -0.102. The van der Waals surface area contributed by atoms with Gasteiger partial charge in [-0.2, -0.15) is 13.3 Å². The zero-order valence-corrected chi connectivity index (χ0v) is 8.25. The molecule has 0 bridgehead atoms. The van der Waals surface area contributed by atoms with Crippen molar-refractivity contribution in [3.8, 4) is 0 Å². The first-order chi connectivity index (χ1) is 4.54. The molecule has 2 N–H and O–H groups in total. The molecule has 0 saturated heterocycles. The molecular weight excluding hydrogens is 178 g/mol. The largest absolute Gasteiger partial charge is 2.00 e. The molecule has 1 atom stereocenters. The maximum atomic E-state index is 9.25. The van der Waals surface area contributed by atoms with Crippen LogP contribution in [0.15, 0.2) is 0 Å². The smallest absolute Gasteiger partial charge is 0.428 e. The molecule has 0 aliphatic carbocycles. The summed E-state index contributed by atoms with van der Waals surface area (Å²) >= 11 is 0. The van der Waals surface area contributed by atoms with Crippen LogP contribution in [0.5, 0.6) is 0 Å². The van der Waals surface area contributed by atoms with Crippen molar-refractivity contribution in [2.45, 2.75) is 20.0 Å². The Labute approximate surface area is 81.7 Å². The van der Waals surface area contributed by atoms with Crippen LogP contribution in [0.4, 0.5) is 0 Å². The fourth-order valence-electron chi connectivity index (χ4n) is 0.502. The molecule has 2 nitrogen and oxygen atoms in total. The van der Waals surface area contributed by atoms with Crippen LogP contribution in [0.1, 0.15) is 13.8 Å². The fourth-order valence-corrected chi connectivity index (χ4v) is 0.502. The summed E-state index contributed by atoms with van der Waals surface area (Å²) in [5, 5.41) is 17.7. The number of aliphatic hydroxyl groups is 2. The van der Waals surface area contributed by atoms with Crippen LogP contribution >= 0.6 is 0 Å². The van der Waals surface area contributed by atoms with E-state index in [1.807, 2.05) is 0 Å². The molecule has 0 rings (SSSR count). The van der Waals surface area contributed by atoms with Gasteiger partial charge in [0.1, 0.15) is 0 Å². The molecule has 11 heavy (non-hydrogen) atoms. The number of rotatable bonds is 4. The second-order valence-electron chi connectivity index (χ2n) is 2.85. The molecule has 0 amide bonds. The van der Waals surface area contributed by atoms with Crippen molar-refractivity contribution in [2.75, 3.05) is 6.61 Å². The van der Waals surface area contributed by atoms with Gasteiger partial charge in [0.25, 0.3) is 0 Å². The second-order valence-corrected chi connectivity index (χ2v) is 2.85. The molecule has 0 heterocycles. The van der Waals surface area contributed by atoms with E-state index >= 15 is 0 Å². The van der Waals surface area contributed by atoms with Gasteiger partial charge >= 0.3 is 18.6 Å². The Balaban J connectivity index is 0. The van der Waals surface area contributed by atoms with Crippen molar-refractivity contribution in [1.82, 2.24) is 0 Å². The molecule has 61 valence electrons. The fraction of sp³-hybridized carbons (Fsp3) is 0.714. The van der Waals surface area contributed by atoms with Crippen molar-refractivity contribution in [3.63, 3.8) is 0 Å². The SMILES string of the molecule is [B][CH-]C(C)(C)[C@@H](O)[CH-]CO.[V+2]. The summed E-state index contributed by atoms with van der Waals surface area (Å²) in [6.45, 7) is 3.46. The van der Waals surface area contributed by atoms with Gasteiger partial charge in [-0.05, 0) is 0 Å². The standard InChI is InChI=1S/C7H13BO2.V/c1-7(2,5-8)6(10)3-4-9;/h3,5-6,9-10H,4H2,1-2H3;/q-2;+2/t6-;/m0./s1. The summed E-state index contributed by atoms with van der Waals surface area (Å²) in [7, 11) is 5.25. The Bertz CT molecular complexity index is 98.4. The Morgan fingerprint density at radius 2 is 2.00 bits per heavy atom. The van der Waals surface area contributed by atoms with E-state index in [1.165, 1.54) is 12.7 Å². The van der Waals surface area contributed by atoms with Crippen LogP contribution < -0.4 is 0 Å².